The van der Waals surface area contributed by atoms with Crippen molar-refractivity contribution in [2.24, 2.45) is 11.8 Å². The summed E-state index contributed by atoms with van der Waals surface area (Å²) in [6.45, 7) is 0.513. The average Bonchev–Trinajstić information content (AvgIpc) is 3.47. The molecule has 5 rings (SSSR count). The zero-order chi connectivity index (χ0) is 24.4. The lowest BCUT2D eigenvalue weighted by atomic mass is 9.98. The van der Waals surface area contributed by atoms with Crippen molar-refractivity contribution in [3.63, 3.8) is 0 Å². The molecule has 2 unspecified atom stereocenters. The van der Waals surface area contributed by atoms with Crippen molar-refractivity contribution >= 4 is 18.0 Å². The van der Waals surface area contributed by atoms with Crippen LogP contribution in [0.3, 0.4) is 0 Å². The molecule has 0 radical (unpaired) electrons. The van der Waals surface area contributed by atoms with E-state index in [2.05, 4.69) is 29.6 Å². The minimum atomic E-state index is -0.987. The van der Waals surface area contributed by atoms with Crippen LogP contribution in [0.1, 0.15) is 55.6 Å². The van der Waals surface area contributed by atoms with Gasteiger partial charge in [-0.05, 0) is 59.8 Å². The van der Waals surface area contributed by atoms with Crippen LogP contribution in [-0.2, 0) is 14.3 Å². The molecule has 2 N–H and O–H groups in total. The number of alkyl carbamates (subject to hydrolysis) is 1. The van der Waals surface area contributed by atoms with Crippen molar-refractivity contribution in [2.45, 2.75) is 50.5 Å². The van der Waals surface area contributed by atoms with E-state index in [4.69, 9.17) is 4.74 Å². The maximum Gasteiger partial charge on any atom is 0.407 e. The Morgan fingerprint density at radius 3 is 2.23 bits per heavy atom. The maximum absolute atomic E-state index is 12.9. The zero-order valence-electron chi connectivity index (χ0n) is 19.8. The fourth-order valence-corrected chi connectivity index (χ4v) is 5.65. The van der Waals surface area contributed by atoms with E-state index in [9.17, 15) is 19.5 Å². The molecule has 2 aromatic carbocycles. The van der Waals surface area contributed by atoms with E-state index in [-0.39, 0.29) is 43.4 Å². The molecule has 7 nitrogen and oxygen atoms in total. The van der Waals surface area contributed by atoms with E-state index in [0.29, 0.717) is 12.5 Å². The fraction of sp³-hybridized carbons (Fsp3) is 0.464. The van der Waals surface area contributed by atoms with Gasteiger partial charge in [-0.15, -0.1) is 0 Å². The number of carboxylic acids is 1. The maximum atomic E-state index is 12.9. The molecular weight excluding hydrogens is 444 g/mol. The van der Waals surface area contributed by atoms with E-state index in [0.717, 1.165) is 32.1 Å². The molecule has 3 aliphatic carbocycles. The largest absolute Gasteiger partial charge is 0.480 e. The highest BCUT2D eigenvalue weighted by Gasteiger charge is 2.35. The zero-order valence-corrected chi connectivity index (χ0v) is 19.8. The van der Waals surface area contributed by atoms with Crippen LogP contribution >= 0.6 is 0 Å². The third kappa shape index (κ3) is 5.34. The molecule has 2 fully saturated rings. The van der Waals surface area contributed by atoms with Crippen molar-refractivity contribution in [1.29, 1.82) is 0 Å². The van der Waals surface area contributed by atoms with Crippen molar-refractivity contribution in [3.8, 4) is 11.1 Å². The number of hydrogen-bond acceptors (Lipinski definition) is 4. The van der Waals surface area contributed by atoms with E-state index in [1.54, 1.807) is 0 Å². The van der Waals surface area contributed by atoms with Crippen LogP contribution in [0.5, 0.6) is 0 Å². The molecular formula is C28H32N2O5. The summed E-state index contributed by atoms with van der Waals surface area (Å²) >= 11 is 0. The summed E-state index contributed by atoms with van der Waals surface area (Å²) in [7, 11) is 0. The highest BCUT2D eigenvalue weighted by atomic mass is 16.5. The van der Waals surface area contributed by atoms with Crippen LogP contribution < -0.4 is 5.32 Å². The van der Waals surface area contributed by atoms with Gasteiger partial charge in [-0.2, -0.15) is 0 Å². The van der Waals surface area contributed by atoms with Gasteiger partial charge in [0.25, 0.3) is 0 Å². The van der Waals surface area contributed by atoms with Gasteiger partial charge in [-0.25, -0.2) is 4.79 Å². The molecule has 2 amide bonds. The molecule has 7 heteroatoms. The van der Waals surface area contributed by atoms with E-state index < -0.39 is 12.1 Å². The summed E-state index contributed by atoms with van der Waals surface area (Å²) in [5.41, 5.74) is 4.70. The molecule has 0 spiro atoms. The van der Waals surface area contributed by atoms with Gasteiger partial charge in [0, 0.05) is 24.9 Å². The Morgan fingerprint density at radius 1 is 0.943 bits per heavy atom. The second kappa shape index (κ2) is 10.1. The number of aliphatic carboxylic acids is 1. The second-order valence-corrected chi connectivity index (χ2v) is 10.1. The van der Waals surface area contributed by atoms with Crippen molar-refractivity contribution in [1.82, 2.24) is 10.2 Å². The van der Waals surface area contributed by atoms with Crippen LogP contribution in [0.4, 0.5) is 4.79 Å². The third-order valence-corrected chi connectivity index (χ3v) is 7.60. The van der Waals surface area contributed by atoms with Gasteiger partial charge in [0.2, 0.25) is 5.91 Å². The van der Waals surface area contributed by atoms with Crippen LogP contribution in [-0.4, -0.2) is 53.7 Å². The first kappa shape index (κ1) is 23.4. The highest BCUT2D eigenvalue weighted by Crippen LogP contribution is 2.44. The predicted molar refractivity (Wildman–Crippen MR) is 131 cm³/mol. The predicted octanol–water partition coefficient (Wildman–Crippen LogP) is 4.41. The minimum Gasteiger partial charge on any atom is -0.480 e. The summed E-state index contributed by atoms with van der Waals surface area (Å²) in [4.78, 5) is 38.3. The number of amides is 2. The summed E-state index contributed by atoms with van der Waals surface area (Å²) in [5, 5.41) is 12.2. The summed E-state index contributed by atoms with van der Waals surface area (Å²) < 4.78 is 5.69. The van der Waals surface area contributed by atoms with Gasteiger partial charge < -0.3 is 20.1 Å². The van der Waals surface area contributed by atoms with E-state index >= 15 is 0 Å². The number of rotatable bonds is 9. The number of carbonyl (C=O) groups is 3. The van der Waals surface area contributed by atoms with Crippen molar-refractivity contribution in [2.75, 3.05) is 19.7 Å². The number of carbonyl (C=O) groups excluding carboxylic acids is 2. The number of fused-ring (bicyclic) bond motifs is 3. The van der Waals surface area contributed by atoms with Gasteiger partial charge in [-0.1, -0.05) is 55.0 Å². The molecule has 0 saturated heterocycles. The summed E-state index contributed by atoms with van der Waals surface area (Å²) in [6.07, 6.45) is 4.46. The SMILES string of the molecule is O=C(O)CN(CC1CC1)C(=O)CC1CCCC1NC(=O)OCC1c2ccccc2-c2ccccc21. The lowest BCUT2D eigenvalue weighted by Gasteiger charge is -2.25. The van der Waals surface area contributed by atoms with E-state index in [1.165, 1.54) is 27.2 Å². The third-order valence-electron chi connectivity index (χ3n) is 7.60. The van der Waals surface area contributed by atoms with Crippen LogP contribution in [0.15, 0.2) is 48.5 Å². The van der Waals surface area contributed by atoms with Crippen molar-refractivity contribution in [3.05, 3.63) is 59.7 Å². The summed E-state index contributed by atoms with van der Waals surface area (Å²) in [5.74, 6) is -0.694. The Balaban J connectivity index is 1.17. The molecule has 2 saturated carbocycles. The normalized spacial score (nSPS) is 20.7. The minimum absolute atomic E-state index is 0.00102. The number of nitrogens with one attached hydrogen (secondary N) is 1. The summed E-state index contributed by atoms with van der Waals surface area (Å²) in [6, 6.07) is 16.3. The molecule has 2 atom stereocenters. The van der Waals surface area contributed by atoms with Gasteiger partial charge >= 0.3 is 12.1 Å². The Kier molecular flexibility index (Phi) is 6.75. The van der Waals surface area contributed by atoms with Gasteiger partial charge in [0.05, 0.1) is 0 Å². The molecule has 0 heterocycles. The van der Waals surface area contributed by atoms with Gasteiger partial charge in [0.1, 0.15) is 13.2 Å². The Bertz CT molecular complexity index is 1070. The lowest BCUT2D eigenvalue weighted by Crippen LogP contribution is -2.42. The molecule has 0 bridgehead atoms. The van der Waals surface area contributed by atoms with Crippen LogP contribution in [0.25, 0.3) is 11.1 Å². The number of nitrogens with zero attached hydrogens (tertiary/aromatic N) is 1. The standard InChI is InChI=1S/C28H32N2O5/c31-26(30(16-27(32)33)15-18-12-13-18)14-19-6-5-11-25(19)29-28(34)35-17-24-22-9-3-1-7-20(22)21-8-2-4-10-23(21)24/h1-4,7-10,18-19,24-25H,5-6,11-17H2,(H,29,34)(H,32,33). The lowest BCUT2D eigenvalue weighted by molar-refractivity contribution is -0.145. The molecule has 35 heavy (non-hydrogen) atoms. The quantitative estimate of drug-likeness (QED) is 0.559. The first-order valence-corrected chi connectivity index (χ1v) is 12.6. The number of ether oxygens (including phenoxy) is 1. The van der Waals surface area contributed by atoms with Gasteiger partial charge in [0.15, 0.2) is 0 Å². The first-order valence-electron chi connectivity index (χ1n) is 12.6. The Morgan fingerprint density at radius 2 is 1.60 bits per heavy atom. The smallest absolute Gasteiger partial charge is 0.407 e. The fourth-order valence-electron chi connectivity index (χ4n) is 5.65. The molecule has 2 aromatic rings. The van der Waals surface area contributed by atoms with Crippen LogP contribution in [0.2, 0.25) is 0 Å². The number of hydrogen-bond donors (Lipinski definition) is 2. The number of benzene rings is 2. The molecule has 0 aliphatic heterocycles. The molecule has 184 valence electrons. The topological polar surface area (TPSA) is 95.9 Å². The average molecular weight is 477 g/mol. The Hall–Kier alpha value is -3.35. The van der Waals surface area contributed by atoms with Crippen molar-refractivity contribution < 1.29 is 24.2 Å². The molecule has 0 aromatic heterocycles. The second-order valence-electron chi connectivity index (χ2n) is 10.1. The Labute approximate surface area is 205 Å². The van der Waals surface area contributed by atoms with Crippen LogP contribution in [0, 0.1) is 11.8 Å². The highest BCUT2D eigenvalue weighted by molar-refractivity contribution is 5.82. The van der Waals surface area contributed by atoms with E-state index in [1.807, 2.05) is 24.3 Å². The molecule has 3 aliphatic rings. The van der Waals surface area contributed by atoms with Gasteiger partial charge in [-0.3, -0.25) is 9.59 Å². The number of carboxylic acid groups (broad SMARTS) is 1. The monoisotopic (exact) mass is 476 g/mol. The first-order chi connectivity index (χ1) is 17.0.